The van der Waals surface area contributed by atoms with Crippen LogP contribution in [0.3, 0.4) is 0 Å². The number of rotatable bonds is 5. The molecule has 1 atom stereocenters. The Labute approximate surface area is 197 Å². The van der Waals surface area contributed by atoms with Crippen molar-refractivity contribution in [1.82, 2.24) is 9.88 Å². The third-order valence-corrected chi connectivity index (χ3v) is 5.82. The molecule has 3 aromatic rings. The maximum absolute atomic E-state index is 13.4. The molecular weight excluding hydrogens is 410 g/mol. The van der Waals surface area contributed by atoms with E-state index in [1.807, 2.05) is 57.2 Å². The van der Waals surface area contributed by atoms with Crippen molar-refractivity contribution in [1.29, 1.82) is 0 Å². The minimum Gasteiger partial charge on any atom is -0.443 e. The fourth-order valence-corrected chi connectivity index (χ4v) is 4.41. The van der Waals surface area contributed by atoms with E-state index in [0.717, 1.165) is 37.2 Å². The highest BCUT2D eigenvalue weighted by Gasteiger charge is 2.32. The number of carbonyl (C=O) groups excluding carboxylic acids is 1. The number of ether oxygens (including phenoxy) is 1. The molecule has 0 unspecified atom stereocenters. The lowest BCUT2D eigenvalue weighted by Crippen LogP contribution is -2.37. The molecule has 1 aromatic heterocycles. The number of amides is 1. The molecule has 0 radical (unpaired) electrons. The molecule has 1 aliphatic rings. The zero-order valence-electron chi connectivity index (χ0n) is 19.8. The lowest BCUT2D eigenvalue weighted by atomic mass is 9.94. The van der Waals surface area contributed by atoms with Crippen LogP contribution >= 0.6 is 0 Å². The lowest BCUT2D eigenvalue weighted by Gasteiger charge is -2.38. The third kappa shape index (κ3) is 5.79. The largest absolute Gasteiger partial charge is 0.443 e. The van der Waals surface area contributed by atoms with Crippen molar-refractivity contribution in [3.05, 3.63) is 90.1 Å². The number of carbonyl (C=O) groups is 1. The highest BCUT2D eigenvalue weighted by molar-refractivity contribution is 5.96. The fourth-order valence-electron chi connectivity index (χ4n) is 4.41. The summed E-state index contributed by atoms with van der Waals surface area (Å²) in [6.45, 7) is 7.55. The van der Waals surface area contributed by atoms with Gasteiger partial charge >= 0.3 is 6.09 Å². The number of aromatic nitrogens is 1. The molecule has 1 aliphatic heterocycles. The Morgan fingerprint density at radius 2 is 1.70 bits per heavy atom. The summed E-state index contributed by atoms with van der Waals surface area (Å²) in [6, 6.07) is 24.5. The molecule has 4 rings (SSSR count). The van der Waals surface area contributed by atoms with Gasteiger partial charge in [-0.15, -0.1) is 0 Å². The van der Waals surface area contributed by atoms with Gasteiger partial charge in [0.2, 0.25) is 0 Å². The quantitative estimate of drug-likeness (QED) is 0.431. The van der Waals surface area contributed by atoms with Crippen LogP contribution in [-0.4, -0.2) is 28.1 Å². The summed E-state index contributed by atoms with van der Waals surface area (Å²) in [5.74, 6) is 0.642. The third-order valence-electron chi connectivity index (χ3n) is 5.82. The zero-order valence-corrected chi connectivity index (χ0v) is 19.8. The molecular formula is C28H33N3O2. The monoisotopic (exact) mass is 443 g/mol. The smallest absolute Gasteiger partial charge is 0.420 e. The Morgan fingerprint density at radius 1 is 1.00 bits per heavy atom. The van der Waals surface area contributed by atoms with E-state index in [2.05, 4.69) is 41.3 Å². The van der Waals surface area contributed by atoms with Crippen molar-refractivity contribution in [3.8, 4) is 0 Å². The van der Waals surface area contributed by atoms with Gasteiger partial charge in [0.25, 0.3) is 0 Å². The number of pyridine rings is 1. The second-order valence-electron chi connectivity index (χ2n) is 9.54. The second kappa shape index (κ2) is 10.2. The summed E-state index contributed by atoms with van der Waals surface area (Å²) >= 11 is 0. The maximum atomic E-state index is 13.4. The number of anilines is 2. The molecule has 1 amide bonds. The molecule has 0 aliphatic carbocycles. The van der Waals surface area contributed by atoms with Crippen LogP contribution in [0.1, 0.15) is 57.2 Å². The van der Waals surface area contributed by atoms with E-state index in [4.69, 9.17) is 9.72 Å². The summed E-state index contributed by atoms with van der Waals surface area (Å²) in [5, 5.41) is 0. The zero-order chi connectivity index (χ0) is 23.3. The first-order chi connectivity index (χ1) is 15.9. The summed E-state index contributed by atoms with van der Waals surface area (Å²) in [5.41, 5.74) is 2.49. The van der Waals surface area contributed by atoms with E-state index in [-0.39, 0.29) is 6.04 Å². The van der Waals surface area contributed by atoms with Crippen molar-refractivity contribution in [2.45, 2.75) is 58.2 Å². The van der Waals surface area contributed by atoms with Gasteiger partial charge in [0.05, 0.1) is 5.69 Å². The molecule has 0 N–H and O–H groups in total. The average Bonchev–Trinajstić information content (AvgIpc) is 2.80. The number of para-hydroxylation sites is 1. The van der Waals surface area contributed by atoms with E-state index < -0.39 is 11.7 Å². The van der Waals surface area contributed by atoms with Crippen LogP contribution in [0, 0.1) is 0 Å². The van der Waals surface area contributed by atoms with Gasteiger partial charge < -0.3 is 4.74 Å². The second-order valence-corrected chi connectivity index (χ2v) is 9.54. The van der Waals surface area contributed by atoms with Crippen LogP contribution in [0.15, 0.2) is 79.0 Å². The standard InChI is InChI=1S/C28H33N3O2/c1-28(2,3)33-27(32)31(23-15-8-5-9-16-23)26-24(17-12-19-29-26)25-18-10-11-20-30(25)21-22-13-6-4-7-14-22/h4-9,12-17,19,25H,10-11,18,20-21H2,1-3H3/t25-/m0/s1. The summed E-state index contributed by atoms with van der Waals surface area (Å²) in [4.78, 5) is 22.3. The van der Waals surface area contributed by atoms with Gasteiger partial charge in [0.15, 0.2) is 0 Å². The van der Waals surface area contributed by atoms with E-state index >= 15 is 0 Å². The first-order valence-corrected chi connectivity index (χ1v) is 11.7. The van der Waals surface area contributed by atoms with E-state index in [0.29, 0.717) is 5.82 Å². The van der Waals surface area contributed by atoms with Crippen LogP contribution in [0.4, 0.5) is 16.3 Å². The van der Waals surface area contributed by atoms with Crippen molar-refractivity contribution < 1.29 is 9.53 Å². The number of hydrogen-bond acceptors (Lipinski definition) is 4. The maximum Gasteiger partial charge on any atom is 0.420 e. The Morgan fingerprint density at radius 3 is 2.39 bits per heavy atom. The Hall–Kier alpha value is -3.18. The number of likely N-dealkylation sites (tertiary alicyclic amines) is 1. The molecule has 0 spiro atoms. The molecule has 33 heavy (non-hydrogen) atoms. The van der Waals surface area contributed by atoms with Crippen LogP contribution < -0.4 is 4.90 Å². The highest BCUT2D eigenvalue weighted by atomic mass is 16.6. The minimum atomic E-state index is -0.608. The van der Waals surface area contributed by atoms with Crippen LogP contribution in [0.25, 0.3) is 0 Å². The van der Waals surface area contributed by atoms with Gasteiger partial charge in [-0.2, -0.15) is 0 Å². The molecule has 172 valence electrons. The highest BCUT2D eigenvalue weighted by Crippen LogP contribution is 2.39. The van der Waals surface area contributed by atoms with Crippen molar-refractivity contribution >= 4 is 17.6 Å². The Balaban J connectivity index is 1.73. The SMILES string of the molecule is CC(C)(C)OC(=O)N(c1ccccc1)c1ncccc1[C@@H]1CCCCN1Cc1ccccc1. The van der Waals surface area contributed by atoms with Crippen LogP contribution in [0.2, 0.25) is 0 Å². The average molecular weight is 444 g/mol. The topological polar surface area (TPSA) is 45.7 Å². The van der Waals surface area contributed by atoms with Gasteiger partial charge in [-0.05, 0) is 63.9 Å². The molecule has 1 fully saturated rings. The van der Waals surface area contributed by atoms with Gasteiger partial charge in [-0.3, -0.25) is 4.90 Å². The molecule has 2 aromatic carbocycles. The number of benzene rings is 2. The van der Waals surface area contributed by atoms with E-state index in [1.165, 1.54) is 12.0 Å². The number of piperidine rings is 1. The van der Waals surface area contributed by atoms with Crippen LogP contribution in [0.5, 0.6) is 0 Å². The Bertz CT molecular complexity index is 1050. The Kier molecular flexibility index (Phi) is 7.09. The van der Waals surface area contributed by atoms with E-state index in [9.17, 15) is 4.79 Å². The first-order valence-electron chi connectivity index (χ1n) is 11.7. The van der Waals surface area contributed by atoms with Crippen LogP contribution in [-0.2, 0) is 11.3 Å². The summed E-state index contributed by atoms with van der Waals surface area (Å²) < 4.78 is 5.81. The van der Waals surface area contributed by atoms with Crippen molar-refractivity contribution in [2.24, 2.45) is 0 Å². The van der Waals surface area contributed by atoms with Gasteiger partial charge in [-0.25, -0.2) is 14.7 Å². The molecule has 1 saturated heterocycles. The fraction of sp³-hybridized carbons (Fsp3) is 0.357. The van der Waals surface area contributed by atoms with E-state index in [1.54, 1.807) is 11.1 Å². The number of nitrogens with zero attached hydrogens (tertiary/aromatic N) is 3. The molecule has 5 heteroatoms. The number of hydrogen-bond donors (Lipinski definition) is 0. The molecule has 0 saturated carbocycles. The first kappa shape index (κ1) is 23.0. The molecule has 0 bridgehead atoms. The minimum absolute atomic E-state index is 0.177. The predicted molar refractivity (Wildman–Crippen MR) is 132 cm³/mol. The molecule has 5 nitrogen and oxygen atoms in total. The van der Waals surface area contributed by atoms with Gasteiger partial charge in [0, 0.05) is 24.3 Å². The lowest BCUT2D eigenvalue weighted by molar-refractivity contribution is 0.0597. The van der Waals surface area contributed by atoms with Crippen molar-refractivity contribution in [2.75, 3.05) is 11.4 Å². The summed E-state index contributed by atoms with van der Waals surface area (Å²) in [6.07, 6.45) is 4.70. The van der Waals surface area contributed by atoms with Crippen molar-refractivity contribution in [3.63, 3.8) is 0 Å². The normalized spacial score (nSPS) is 16.9. The molecule has 2 heterocycles. The predicted octanol–water partition coefficient (Wildman–Crippen LogP) is 6.88. The van der Waals surface area contributed by atoms with Gasteiger partial charge in [-0.1, -0.05) is 61.0 Å². The van der Waals surface area contributed by atoms with Gasteiger partial charge in [0.1, 0.15) is 11.4 Å². The summed E-state index contributed by atoms with van der Waals surface area (Å²) in [7, 11) is 0.